The van der Waals surface area contributed by atoms with Gasteiger partial charge in [-0.3, -0.25) is 4.79 Å². The van der Waals surface area contributed by atoms with Crippen LogP contribution in [0.5, 0.6) is 0 Å². The van der Waals surface area contributed by atoms with E-state index in [2.05, 4.69) is 5.32 Å². The van der Waals surface area contributed by atoms with E-state index in [1.807, 2.05) is 58.0 Å². The zero-order valence-corrected chi connectivity index (χ0v) is 13.1. The fourth-order valence-corrected chi connectivity index (χ4v) is 2.22. The summed E-state index contributed by atoms with van der Waals surface area (Å²) in [6, 6.07) is 8.47. The first-order valence-corrected chi connectivity index (χ1v) is 7.36. The molecule has 0 bridgehead atoms. The van der Waals surface area contributed by atoms with E-state index in [9.17, 15) is 9.59 Å². The summed E-state index contributed by atoms with van der Waals surface area (Å²) in [5.41, 5.74) is 0.162. The SMILES string of the molecule is CC1CC1C(=O)N[C@@H](C(=O)OC(C)(C)C)c1ccccc1. The first kappa shape index (κ1) is 15.5. The van der Waals surface area contributed by atoms with E-state index in [4.69, 9.17) is 4.74 Å². The maximum Gasteiger partial charge on any atom is 0.333 e. The van der Waals surface area contributed by atoms with Crippen molar-refractivity contribution >= 4 is 11.9 Å². The zero-order chi connectivity index (χ0) is 15.6. The Morgan fingerprint density at radius 3 is 2.29 bits per heavy atom. The molecule has 0 aromatic heterocycles. The molecule has 1 saturated carbocycles. The van der Waals surface area contributed by atoms with Gasteiger partial charge in [0.15, 0.2) is 6.04 Å². The largest absolute Gasteiger partial charge is 0.458 e. The van der Waals surface area contributed by atoms with Gasteiger partial charge in [-0.15, -0.1) is 0 Å². The number of nitrogens with one attached hydrogen (secondary N) is 1. The summed E-state index contributed by atoms with van der Waals surface area (Å²) in [6.45, 7) is 7.49. The second-order valence-corrected chi connectivity index (χ2v) is 6.71. The van der Waals surface area contributed by atoms with Crippen LogP contribution in [0.3, 0.4) is 0 Å². The molecule has 1 N–H and O–H groups in total. The summed E-state index contributed by atoms with van der Waals surface area (Å²) in [7, 11) is 0. The van der Waals surface area contributed by atoms with Crippen LogP contribution >= 0.6 is 0 Å². The van der Waals surface area contributed by atoms with Crippen molar-refractivity contribution in [3.63, 3.8) is 0 Å². The summed E-state index contributed by atoms with van der Waals surface area (Å²) in [4.78, 5) is 24.5. The van der Waals surface area contributed by atoms with Crippen molar-refractivity contribution in [2.45, 2.75) is 45.8 Å². The lowest BCUT2D eigenvalue weighted by Gasteiger charge is -2.25. The van der Waals surface area contributed by atoms with Crippen LogP contribution in [0.2, 0.25) is 0 Å². The molecule has 0 radical (unpaired) electrons. The Hall–Kier alpha value is -1.84. The van der Waals surface area contributed by atoms with Crippen LogP contribution < -0.4 is 5.32 Å². The molecule has 0 aliphatic heterocycles. The van der Waals surface area contributed by atoms with E-state index in [-0.39, 0.29) is 11.8 Å². The van der Waals surface area contributed by atoms with E-state index in [1.54, 1.807) is 0 Å². The smallest absolute Gasteiger partial charge is 0.333 e. The van der Waals surface area contributed by atoms with Gasteiger partial charge in [0.05, 0.1) is 0 Å². The highest BCUT2D eigenvalue weighted by molar-refractivity contribution is 5.88. The van der Waals surface area contributed by atoms with Crippen molar-refractivity contribution in [2.75, 3.05) is 0 Å². The van der Waals surface area contributed by atoms with Gasteiger partial charge in [0.2, 0.25) is 5.91 Å². The fourth-order valence-electron chi connectivity index (χ4n) is 2.22. The van der Waals surface area contributed by atoms with Gasteiger partial charge >= 0.3 is 5.97 Å². The number of esters is 1. The lowest BCUT2D eigenvalue weighted by molar-refractivity contribution is -0.159. The van der Waals surface area contributed by atoms with Crippen molar-refractivity contribution in [1.29, 1.82) is 0 Å². The van der Waals surface area contributed by atoms with Gasteiger partial charge in [-0.05, 0) is 38.7 Å². The number of hydrogen-bond donors (Lipinski definition) is 1. The second-order valence-electron chi connectivity index (χ2n) is 6.71. The molecule has 0 spiro atoms. The fraction of sp³-hybridized carbons (Fsp3) is 0.529. The highest BCUT2D eigenvalue weighted by Crippen LogP contribution is 2.38. The van der Waals surface area contributed by atoms with Crippen LogP contribution in [0.1, 0.15) is 45.7 Å². The maximum absolute atomic E-state index is 12.4. The summed E-state index contributed by atoms with van der Waals surface area (Å²) >= 11 is 0. The number of ether oxygens (including phenoxy) is 1. The Morgan fingerprint density at radius 1 is 1.24 bits per heavy atom. The van der Waals surface area contributed by atoms with E-state index in [1.165, 1.54) is 0 Å². The number of hydrogen-bond acceptors (Lipinski definition) is 3. The van der Waals surface area contributed by atoms with E-state index in [0.717, 1.165) is 12.0 Å². The Morgan fingerprint density at radius 2 is 1.81 bits per heavy atom. The van der Waals surface area contributed by atoms with Crippen molar-refractivity contribution < 1.29 is 14.3 Å². The predicted octanol–water partition coefficient (Wildman–Crippen LogP) is 2.84. The molecular formula is C17H23NO3. The number of benzene rings is 1. The summed E-state index contributed by atoms with van der Waals surface area (Å²) in [6.07, 6.45) is 0.891. The summed E-state index contributed by atoms with van der Waals surface area (Å²) in [5.74, 6) is -0.0590. The standard InChI is InChI=1S/C17H23NO3/c1-11-10-13(11)15(19)18-14(12-8-6-5-7-9-12)16(20)21-17(2,3)4/h5-9,11,13-14H,10H2,1-4H3,(H,18,19)/t11?,13?,14-/m1/s1. The molecule has 1 aliphatic rings. The Kier molecular flexibility index (Phi) is 4.35. The number of rotatable bonds is 4. The first-order valence-electron chi connectivity index (χ1n) is 7.36. The second kappa shape index (κ2) is 5.88. The van der Waals surface area contributed by atoms with Gasteiger partial charge < -0.3 is 10.1 Å². The molecular weight excluding hydrogens is 266 g/mol. The van der Waals surface area contributed by atoms with Gasteiger partial charge in [-0.2, -0.15) is 0 Å². The lowest BCUT2D eigenvalue weighted by Crippen LogP contribution is -2.38. The minimum atomic E-state index is -0.745. The first-order chi connectivity index (χ1) is 9.78. The topological polar surface area (TPSA) is 55.4 Å². The normalized spacial score (nSPS) is 22.3. The number of amides is 1. The average Bonchev–Trinajstić information content (AvgIpc) is 3.12. The van der Waals surface area contributed by atoms with Crippen LogP contribution in [0.4, 0.5) is 0 Å². The Labute approximate surface area is 125 Å². The summed E-state index contributed by atoms with van der Waals surface area (Å²) < 4.78 is 5.43. The monoisotopic (exact) mass is 289 g/mol. The minimum Gasteiger partial charge on any atom is -0.458 e. The van der Waals surface area contributed by atoms with Crippen LogP contribution in [-0.2, 0) is 14.3 Å². The van der Waals surface area contributed by atoms with Crippen molar-refractivity contribution in [1.82, 2.24) is 5.32 Å². The van der Waals surface area contributed by atoms with E-state index in [0.29, 0.717) is 5.92 Å². The molecule has 1 aromatic carbocycles. The summed E-state index contributed by atoms with van der Waals surface area (Å²) in [5, 5.41) is 2.83. The highest BCUT2D eigenvalue weighted by atomic mass is 16.6. The van der Waals surface area contributed by atoms with Crippen LogP contribution in [0.25, 0.3) is 0 Å². The van der Waals surface area contributed by atoms with Crippen LogP contribution in [0, 0.1) is 11.8 Å². The van der Waals surface area contributed by atoms with E-state index >= 15 is 0 Å². The number of carbonyl (C=O) groups is 2. The van der Waals surface area contributed by atoms with Gasteiger partial charge in [-0.1, -0.05) is 37.3 Å². The molecule has 1 aromatic rings. The van der Waals surface area contributed by atoms with Gasteiger partial charge in [0.25, 0.3) is 0 Å². The van der Waals surface area contributed by atoms with Crippen molar-refractivity contribution in [3.05, 3.63) is 35.9 Å². The highest BCUT2D eigenvalue weighted by Gasteiger charge is 2.41. The molecule has 2 unspecified atom stereocenters. The third kappa shape index (κ3) is 4.31. The molecule has 21 heavy (non-hydrogen) atoms. The third-order valence-corrected chi connectivity index (χ3v) is 3.51. The zero-order valence-electron chi connectivity index (χ0n) is 13.1. The quantitative estimate of drug-likeness (QED) is 0.867. The molecule has 3 atom stereocenters. The molecule has 114 valence electrons. The van der Waals surface area contributed by atoms with Crippen LogP contribution in [-0.4, -0.2) is 17.5 Å². The van der Waals surface area contributed by atoms with Gasteiger partial charge in [-0.25, -0.2) is 4.79 Å². The maximum atomic E-state index is 12.4. The van der Waals surface area contributed by atoms with Gasteiger partial charge in [0, 0.05) is 5.92 Å². The lowest BCUT2D eigenvalue weighted by atomic mass is 10.1. The molecule has 1 aliphatic carbocycles. The molecule has 4 heteroatoms. The molecule has 1 fully saturated rings. The number of carbonyl (C=O) groups excluding carboxylic acids is 2. The predicted molar refractivity (Wildman–Crippen MR) is 80.4 cm³/mol. The Balaban J connectivity index is 2.14. The third-order valence-electron chi connectivity index (χ3n) is 3.51. The molecule has 0 saturated heterocycles. The molecule has 4 nitrogen and oxygen atoms in total. The van der Waals surface area contributed by atoms with Gasteiger partial charge in [0.1, 0.15) is 5.60 Å². The Bertz CT molecular complexity index is 519. The van der Waals surface area contributed by atoms with Crippen LogP contribution in [0.15, 0.2) is 30.3 Å². The van der Waals surface area contributed by atoms with E-state index < -0.39 is 17.6 Å². The molecule has 2 rings (SSSR count). The molecule has 0 heterocycles. The average molecular weight is 289 g/mol. The van der Waals surface area contributed by atoms with Crippen molar-refractivity contribution in [2.24, 2.45) is 11.8 Å². The molecule has 1 amide bonds. The van der Waals surface area contributed by atoms with Crippen molar-refractivity contribution in [3.8, 4) is 0 Å². The minimum absolute atomic E-state index is 0.0265.